The minimum Gasteiger partial charge on any atom is -0.480 e. The number of amides is 3. The molecule has 1 aromatic rings. The lowest BCUT2D eigenvalue weighted by atomic mass is 10.1. The molecule has 0 aliphatic rings. The van der Waals surface area contributed by atoms with Gasteiger partial charge in [0.05, 0.1) is 12.4 Å². The second kappa shape index (κ2) is 19.1. The van der Waals surface area contributed by atoms with Gasteiger partial charge in [-0.3, -0.25) is 24.4 Å². The number of aromatic amines is 1. The van der Waals surface area contributed by atoms with Crippen molar-refractivity contribution in [3.63, 3.8) is 0 Å². The third-order valence-electron chi connectivity index (χ3n) is 5.72. The van der Waals surface area contributed by atoms with Gasteiger partial charge in [-0.25, -0.2) is 9.78 Å². The predicted octanol–water partition coefficient (Wildman–Crippen LogP) is -3.32. The molecule has 1 aromatic heterocycles. The van der Waals surface area contributed by atoms with Crippen molar-refractivity contribution >= 4 is 47.4 Å². The van der Waals surface area contributed by atoms with Gasteiger partial charge in [-0.15, -0.1) is 0 Å². The number of carbonyl (C=O) groups excluding carboxylic acids is 3. The van der Waals surface area contributed by atoms with Gasteiger partial charge in [-0.05, 0) is 44.1 Å². The van der Waals surface area contributed by atoms with E-state index in [9.17, 15) is 24.3 Å². The molecule has 1 rings (SSSR count). The van der Waals surface area contributed by atoms with Crippen molar-refractivity contribution in [2.75, 3.05) is 25.1 Å². The molecule has 0 saturated heterocycles. The molecule has 0 aliphatic carbocycles. The number of imidazole rings is 1. The van der Waals surface area contributed by atoms with E-state index in [0.29, 0.717) is 30.8 Å². The van der Waals surface area contributed by atoms with Crippen LogP contribution in [0, 0.1) is 0 Å². The van der Waals surface area contributed by atoms with E-state index in [1.54, 1.807) is 0 Å². The number of nitrogens with zero attached hydrogens (tertiary/aromatic N) is 3. The summed E-state index contributed by atoms with van der Waals surface area (Å²) in [7, 11) is 0. The van der Waals surface area contributed by atoms with E-state index in [0.717, 1.165) is 0 Å². The molecule has 1 heterocycles. The number of H-pyrrole nitrogens is 1. The number of thioether (sulfide) groups is 1. The molecule has 4 atom stereocenters. The van der Waals surface area contributed by atoms with Crippen molar-refractivity contribution in [3.8, 4) is 0 Å². The molecule has 17 nitrogen and oxygen atoms in total. The molecular formula is C23H42N12O5S. The largest absolute Gasteiger partial charge is 0.480 e. The van der Waals surface area contributed by atoms with Crippen LogP contribution in [0.15, 0.2) is 22.5 Å². The van der Waals surface area contributed by atoms with Crippen LogP contribution >= 0.6 is 11.8 Å². The number of carbonyl (C=O) groups is 4. The lowest BCUT2D eigenvalue weighted by molar-refractivity contribution is -0.142. The molecule has 0 bridgehead atoms. The van der Waals surface area contributed by atoms with E-state index in [-0.39, 0.29) is 44.1 Å². The molecule has 15 N–H and O–H groups in total. The number of rotatable bonds is 20. The van der Waals surface area contributed by atoms with Crippen LogP contribution < -0.4 is 44.6 Å². The highest BCUT2D eigenvalue weighted by molar-refractivity contribution is 7.98. The molecular weight excluding hydrogens is 556 g/mol. The maximum absolute atomic E-state index is 13.3. The molecule has 18 heteroatoms. The van der Waals surface area contributed by atoms with Crippen LogP contribution in [-0.2, 0) is 25.6 Å². The van der Waals surface area contributed by atoms with E-state index in [4.69, 9.17) is 28.7 Å². The number of aliphatic imine (C=N–C) groups is 2. The van der Waals surface area contributed by atoms with Crippen molar-refractivity contribution in [2.45, 2.75) is 62.7 Å². The summed E-state index contributed by atoms with van der Waals surface area (Å²) in [5.74, 6) is -2.81. The number of aliphatic carboxylic acids is 1. The maximum Gasteiger partial charge on any atom is 0.326 e. The smallest absolute Gasteiger partial charge is 0.326 e. The molecule has 0 saturated carbocycles. The van der Waals surface area contributed by atoms with Crippen molar-refractivity contribution in [1.29, 1.82) is 0 Å². The topological polar surface area (TPSA) is 308 Å². The highest BCUT2D eigenvalue weighted by atomic mass is 32.2. The van der Waals surface area contributed by atoms with Gasteiger partial charge in [-0.2, -0.15) is 11.8 Å². The first kappa shape index (κ1) is 35.0. The summed E-state index contributed by atoms with van der Waals surface area (Å²) >= 11 is 1.47. The average Bonchev–Trinajstić information content (AvgIpc) is 3.42. The summed E-state index contributed by atoms with van der Waals surface area (Å²) in [6.45, 7) is 0.485. The Kier molecular flexibility index (Phi) is 16.3. The van der Waals surface area contributed by atoms with Crippen molar-refractivity contribution in [1.82, 2.24) is 25.9 Å². The molecule has 230 valence electrons. The molecule has 0 fully saturated rings. The standard InChI is InChI=1S/C23H42N12O5S/c1-41-9-6-15(33-18(36)14(24)4-2-7-30-22(25)26)19(37)35-17(10-13-11-29-12-32-13)20(38)34-16(21(39)40)5-3-8-31-23(27)28/h11-12,14-17H,2-10,24H2,1H3,(H,29,32)(H,33,36)(H,34,38)(H,35,37)(H,39,40)(H4,25,26,30)(H4,27,28,31). The molecule has 0 radical (unpaired) electrons. The third-order valence-corrected chi connectivity index (χ3v) is 6.36. The Morgan fingerprint density at radius 1 is 0.902 bits per heavy atom. The van der Waals surface area contributed by atoms with Gasteiger partial charge < -0.3 is 54.7 Å². The summed E-state index contributed by atoms with van der Waals surface area (Å²) in [6.07, 6.45) is 6.07. The van der Waals surface area contributed by atoms with E-state index in [2.05, 4.69) is 35.9 Å². The van der Waals surface area contributed by atoms with Gasteiger partial charge in [0.2, 0.25) is 17.7 Å². The minimum atomic E-state index is -1.26. The minimum absolute atomic E-state index is 0.00852. The Morgan fingerprint density at radius 3 is 2.00 bits per heavy atom. The van der Waals surface area contributed by atoms with Crippen LogP contribution in [-0.4, -0.2) is 99.9 Å². The highest BCUT2D eigenvalue weighted by Gasteiger charge is 2.30. The van der Waals surface area contributed by atoms with Gasteiger partial charge in [0.1, 0.15) is 18.1 Å². The summed E-state index contributed by atoms with van der Waals surface area (Å²) in [6, 6.07) is -4.33. The maximum atomic E-state index is 13.3. The van der Waals surface area contributed by atoms with E-state index in [1.165, 1.54) is 24.3 Å². The van der Waals surface area contributed by atoms with E-state index < -0.39 is 47.9 Å². The Balaban J connectivity index is 2.97. The lowest BCUT2D eigenvalue weighted by Gasteiger charge is -2.25. The zero-order valence-electron chi connectivity index (χ0n) is 23.0. The zero-order valence-corrected chi connectivity index (χ0v) is 23.9. The number of hydrogen-bond acceptors (Lipinski definition) is 9. The fraction of sp³-hybridized carbons (Fsp3) is 0.609. The van der Waals surface area contributed by atoms with Gasteiger partial charge in [0.15, 0.2) is 11.9 Å². The van der Waals surface area contributed by atoms with Crippen molar-refractivity contribution < 1.29 is 24.3 Å². The number of aromatic nitrogens is 2. The van der Waals surface area contributed by atoms with E-state index in [1.807, 2.05) is 6.26 Å². The number of carboxylic acid groups (broad SMARTS) is 1. The molecule has 0 spiro atoms. The number of hydrogen-bond donors (Lipinski definition) is 10. The molecule has 0 aliphatic heterocycles. The van der Waals surface area contributed by atoms with Crippen molar-refractivity contribution in [3.05, 3.63) is 18.2 Å². The highest BCUT2D eigenvalue weighted by Crippen LogP contribution is 2.07. The summed E-state index contributed by atoms with van der Waals surface area (Å²) in [5.41, 5.74) is 27.7. The first-order valence-corrected chi connectivity index (χ1v) is 14.3. The molecule has 41 heavy (non-hydrogen) atoms. The zero-order chi connectivity index (χ0) is 30.8. The number of nitrogens with two attached hydrogens (primary N) is 5. The second-order valence-corrected chi connectivity index (χ2v) is 10.1. The second-order valence-electron chi connectivity index (χ2n) is 9.09. The SMILES string of the molecule is CSCCC(NC(=O)C(N)CCCN=C(N)N)C(=O)NC(Cc1cnc[nH]1)C(=O)NC(CCCN=C(N)N)C(=O)O. The van der Waals surface area contributed by atoms with Crippen LogP contribution in [0.1, 0.15) is 37.8 Å². The predicted molar refractivity (Wildman–Crippen MR) is 157 cm³/mol. The Bertz CT molecular complexity index is 1030. The molecule has 4 unspecified atom stereocenters. The first-order valence-electron chi connectivity index (χ1n) is 12.9. The Labute approximate surface area is 242 Å². The Hall–Kier alpha value is -4.06. The number of carboxylic acids is 1. The van der Waals surface area contributed by atoms with Gasteiger partial charge in [0, 0.05) is 31.4 Å². The van der Waals surface area contributed by atoms with Crippen molar-refractivity contribution in [2.24, 2.45) is 38.7 Å². The van der Waals surface area contributed by atoms with Crippen LogP contribution in [0.25, 0.3) is 0 Å². The average molecular weight is 599 g/mol. The van der Waals surface area contributed by atoms with Crippen LogP contribution in [0.5, 0.6) is 0 Å². The van der Waals surface area contributed by atoms with Crippen LogP contribution in [0.2, 0.25) is 0 Å². The number of guanidine groups is 2. The van der Waals surface area contributed by atoms with Gasteiger partial charge in [0.25, 0.3) is 0 Å². The quantitative estimate of drug-likeness (QED) is 0.0400. The summed E-state index contributed by atoms with van der Waals surface area (Å²) in [5, 5.41) is 17.4. The Morgan fingerprint density at radius 2 is 1.46 bits per heavy atom. The summed E-state index contributed by atoms with van der Waals surface area (Å²) in [4.78, 5) is 65.4. The number of nitrogens with one attached hydrogen (secondary N) is 4. The third kappa shape index (κ3) is 14.8. The fourth-order valence-electron chi connectivity index (χ4n) is 3.56. The van der Waals surface area contributed by atoms with Gasteiger partial charge in [-0.1, -0.05) is 0 Å². The monoisotopic (exact) mass is 598 g/mol. The van der Waals surface area contributed by atoms with Crippen LogP contribution in [0.4, 0.5) is 0 Å². The summed E-state index contributed by atoms with van der Waals surface area (Å²) < 4.78 is 0. The van der Waals surface area contributed by atoms with Crippen LogP contribution in [0.3, 0.4) is 0 Å². The van der Waals surface area contributed by atoms with Gasteiger partial charge >= 0.3 is 5.97 Å². The molecule has 3 amide bonds. The molecule has 0 aromatic carbocycles. The van der Waals surface area contributed by atoms with E-state index >= 15 is 0 Å². The normalized spacial score (nSPS) is 13.6. The fourth-order valence-corrected chi connectivity index (χ4v) is 4.04. The first-order chi connectivity index (χ1) is 19.4. The lowest BCUT2D eigenvalue weighted by Crippen LogP contribution is -2.57.